The number of carbonyl (C=O) groups excluding carboxylic acids is 4. The predicted octanol–water partition coefficient (Wildman–Crippen LogP) is -1.18. The third-order valence-corrected chi connectivity index (χ3v) is 3.30. The Morgan fingerprint density at radius 1 is 0.762 bits per heavy atom. The Morgan fingerprint density at radius 2 is 1.14 bits per heavy atom. The van der Waals surface area contributed by atoms with Gasteiger partial charge in [-0.1, -0.05) is 0 Å². The molecule has 0 spiro atoms. The Morgan fingerprint density at radius 3 is 1.48 bits per heavy atom. The molecule has 0 amide bonds. The molecule has 1 fully saturated rings. The van der Waals surface area contributed by atoms with Gasteiger partial charge in [0.25, 0.3) is 5.60 Å². The van der Waals surface area contributed by atoms with Gasteiger partial charge in [0.05, 0.1) is 35.0 Å². The average Bonchev–Trinajstić information content (AvgIpc) is 2.94. The van der Waals surface area contributed by atoms with Gasteiger partial charge >= 0.3 is 23.9 Å². The van der Waals surface area contributed by atoms with Gasteiger partial charge in [-0.2, -0.15) is 0 Å². The fourth-order valence-corrected chi connectivity index (χ4v) is 2.18. The van der Waals surface area contributed by atoms with E-state index in [-0.39, 0.29) is 0 Å². The number of hydrogen-bond donors (Lipinski definition) is 0. The molecule has 1 saturated heterocycles. The smallest absolute Gasteiger partial charge is 0.350 e. The number of ether oxygens (including phenoxy) is 5. The number of carbonyl (C=O) groups is 4. The van der Waals surface area contributed by atoms with Crippen molar-refractivity contribution in [3.05, 3.63) is 0 Å². The molecule has 0 atom stereocenters. The van der Waals surface area contributed by atoms with Gasteiger partial charge in [-0.15, -0.1) is 0 Å². The van der Waals surface area contributed by atoms with Crippen LogP contribution in [0.2, 0.25) is 0 Å². The number of methoxy groups -OCH3 is 4. The lowest BCUT2D eigenvalue weighted by atomic mass is 9.80. The molecule has 118 valence electrons. The van der Waals surface area contributed by atoms with E-state index in [0.29, 0.717) is 0 Å². The van der Waals surface area contributed by atoms with Gasteiger partial charge in [0.2, 0.25) is 0 Å². The maximum absolute atomic E-state index is 11.9. The van der Waals surface area contributed by atoms with Crippen molar-refractivity contribution < 1.29 is 42.9 Å². The van der Waals surface area contributed by atoms with Crippen molar-refractivity contribution >= 4 is 23.9 Å². The molecular formula is C12H16O9. The molecule has 1 aliphatic heterocycles. The summed E-state index contributed by atoms with van der Waals surface area (Å²) >= 11 is 0. The van der Waals surface area contributed by atoms with Crippen molar-refractivity contribution in [2.45, 2.75) is 12.0 Å². The number of hydrogen-bond acceptors (Lipinski definition) is 9. The highest BCUT2D eigenvalue weighted by atomic mass is 16.6. The standard InChI is InChI=1S/C12H16O9/c1-17-7(13)11(8(14)18-2)5-12(21-6-11,9(15)19-3)10(16)20-4/h5-6H2,1-4H3. The molecule has 0 saturated carbocycles. The maximum atomic E-state index is 11.9. The highest BCUT2D eigenvalue weighted by molar-refractivity contribution is 6.08. The maximum Gasteiger partial charge on any atom is 0.350 e. The zero-order valence-electron chi connectivity index (χ0n) is 12.1. The molecule has 9 nitrogen and oxygen atoms in total. The monoisotopic (exact) mass is 304 g/mol. The van der Waals surface area contributed by atoms with E-state index in [2.05, 4.69) is 18.9 Å². The Bertz CT molecular complexity index is 393. The first-order chi connectivity index (χ1) is 9.84. The predicted molar refractivity (Wildman–Crippen MR) is 63.8 cm³/mol. The van der Waals surface area contributed by atoms with Gasteiger partial charge in [0.15, 0.2) is 5.41 Å². The van der Waals surface area contributed by atoms with Crippen molar-refractivity contribution in [1.29, 1.82) is 0 Å². The summed E-state index contributed by atoms with van der Waals surface area (Å²) in [5, 5.41) is 0. The van der Waals surface area contributed by atoms with Gasteiger partial charge in [-0.05, 0) is 0 Å². The third-order valence-electron chi connectivity index (χ3n) is 3.30. The fourth-order valence-electron chi connectivity index (χ4n) is 2.18. The third kappa shape index (κ3) is 2.44. The van der Waals surface area contributed by atoms with Crippen LogP contribution in [0.4, 0.5) is 0 Å². The van der Waals surface area contributed by atoms with E-state index < -0.39 is 47.9 Å². The van der Waals surface area contributed by atoms with Gasteiger partial charge < -0.3 is 23.7 Å². The van der Waals surface area contributed by atoms with Crippen LogP contribution in [0, 0.1) is 5.41 Å². The first kappa shape index (κ1) is 16.9. The topological polar surface area (TPSA) is 114 Å². The van der Waals surface area contributed by atoms with Crippen molar-refractivity contribution in [2.75, 3.05) is 35.0 Å². The van der Waals surface area contributed by atoms with E-state index in [4.69, 9.17) is 4.74 Å². The molecule has 0 aromatic rings. The molecule has 0 aliphatic carbocycles. The van der Waals surface area contributed by atoms with Crippen LogP contribution in [0.5, 0.6) is 0 Å². The lowest BCUT2D eigenvalue weighted by molar-refractivity contribution is -0.181. The molecule has 1 rings (SSSR count). The van der Waals surface area contributed by atoms with Gasteiger partial charge in [0, 0.05) is 6.42 Å². The quantitative estimate of drug-likeness (QED) is 0.359. The van der Waals surface area contributed by atoms with Crippen LogP contribution in [0.25, 0.3) is 0 Å². The van der Waals surface area contributed by atoms with Gasteiger partial charge in [0.1, 0.15) is 0 Å². The second-order valence-corrected chi connectivity index (χ2v) is 4.34. The van der Waals surface area contributed by atoms with Crippen molar-refractivity contribution in [2.24, 2.45) is 5.41 Å². The molecule has 9 heteroatoms. The zero-order valence-corrected chi connectivity index (χ0v) is 12.1. The lowest BCUT2D eigenvalue weighted by Crippen LogP contribution is -2.50. The molecule has 0 radical (unpaired) electrons. The molecule has 0 aromatic carbocycles. The molecule has 1 heterocycles. The summed E-state index contributed by atoms with van der Waals surface area (Å²) in [7, 11) is 4.19. The van der Waals surface area contributed by atoms with Crippen LogP contribution in [-0.2, 0) is 42.9 Å². The SMILES string of the molecule is COC(=O)C1(C(=O)OC)COC(C(=O)OC)(C(=O)OC)C1. The van der Waals surface area contributed by atoms with Crippen LogP contribution in [0.3, 0.4) is 0 Å². The van der Waals surface area contributed by atoms with E-state index in [1.165, 1.54) is 0 Å². The van der Waals surface area contributed by atoms with Gasteiger partial charge in [-0.3, -0.25) is 9.59 Å². The Kier molecular flexibility index (Phi) is 4.89. The van der Waals surface area contributed by atoms with Crippen LogP contribution >= 0.6 is 0 Å². The van der Waals surface area contributed by atoms with E-state index in [1.54, 1.807) is 0 Å². The first-order valence-electron chi connectivity index (χ1n) is 5.82. The van der Waals surface area contributed by atoms with Crippen molar-refractivity contribution in [3.63, 3.8) is 0 Å². The lowest BCUT2D eigenvalue weighted by Gasteiger charge is -2.24. The van der Waals surface area contributed by atoms with Gasteiger partial charge in [-0.25, -0.2) is 9.59 Å². The highest BCUT2D eigenvalue weighted by Gasteiger charge is 2.67. The summed E-state index contributed by atoms with van der Waals surface area (Å²) < 4.78 is 23.3. The highest BCUT2D eigenvalue weighted by Crippen LogP contribution is 2.43. The molecule has 1 aliphatic rings. The average molecular weight is 304 g/mol. The zero-order chi connectivity index (χ0) is 16.3. The fraction of sp³-hybridized carbons (Fsp3) is 0.667. The van der Waals surface area contributed by atoms with E-state index in [0.717, 1.165) is 28.4 Å². The summed E-state index contributed by atoms with van der Waals surface area (Å²) in [6, 6.07) is 0. The van der Waals surface area contributed by atoms with E-state index >= 15 is 0 Å². The minimum Gasteiger partial charge on any atom is -0.468 e. The molecule has 21 heavy (non-hydrogen) atoms. The van der Waals surface area contributed by atoms with Crippen LogP contribution in [0.1, 0.15) is 6.42 Å². The van der Waals surface area contributed by atoms with Crippen LogP contribution < -0.4 is 0 Å². The normalized spacial score (nSPS) is 18.5. The summed E-state index contributed by atoms with van der Waals surface area (Å²) in [5.74, 6) is -4.12. The van der Waals surface area contributed by atoms with Crippen molar-refractivity contribution in [3.8, 4) is 0 Å². The number of esters is 4. The van der Waals surface area contributed by atoms with Crippen LogP contribution in [-0.4, -0.2) is 64.5 Å². The second kappa shape index (κ2) is 6.08. The summed E-state index contributed by atoms with van der Waals surface area (Å²) in [5.41, 5.74) is -4.15. The summed E-state index contributed by atoms with van der Waals surface area (Å²) in [4.78, 5) is 47.7. The Balaban J connectivity index is 3.32. The van der Waals surface area contributed by atoms with E-state index in [9.17, 15) is 19.2 Å². The van der Waals surface area contributed by atoms with Crippen molar-refractivity contribution in [1.82, 2.24) is 0 Å². The van der Waals surface area contributed by atoms with Crippen LogP contribution in [0.15, 0.2) is 0 Å². The Labute approximate surface area is 120 Å². The first-order valence-corrected chi connectivity index (χ1v) is 5.82. The number of rotatable bonds is 4. The summed E-state index contributed by atoms with van der Waals surface area (Å²) in [6.07, 6.45) is -0.626. The Hall–Kier alpha value is -2.16. The second-order valence-electron chi connectivity index (χ2n) is 4.34. The molecular weight excluding hydrogens is 288 g/mol. The minimum atomic E-state index is -2.22. The van der Waals surface area contributed by atoms with E-state index in [1.807, 2.05) is 0 Å². The molecule has 0 unspecified atom stereocenters. The molecule has 0 bridgehead atoms. The minimum absolute atomic E-state index is 0.573. The summed E-state index contributed by atoms with van der Waals surface area (Å²) in [6.45, 7) is -0.573. The molecule has 0 aromatic heterocycles. The molecule has 0 N–H and O–H groups in total. The largest absolute Gasteiger partial charge is 0.468 e.